The van der Waals surface area contributed by atoms with Gasteiger partial charge in [-0.3, -0.25) is 9.78 Å². The molecule has 2 heterocycles. The number of hydrogen-bond acceptors (Lipinski definition) is 5. The molecule has 0 aliphatic rings. The van der Waals surface area contributed by atoms with Gasteiger partial charge in [-0.05, 0) is 56.5 Å². The maximum absolute atomic E-state index is 12.3. The number of pyridine rings is 1. The van der Waals surface area contributed by atoms with Crippen LogP contribution in [0.5, 0.6) is 5.75 Å². The smallest absolute Gasteiger partial charge is 0.336 e. The number of rotatable bonds is 7. The Hall–Kier alpha value is -3.15. The van der Waals surface area contributed by atoms with Crippen molar-refractivity contribution in [1.29, 1.82) is 0 Å². The fourth-order valence-corrected chi connectivity index (χ4v) is 2.98. The van der Waals surface area contributed by atoms with Gasteiger partial charge in [-0.1, -0.05) is 6.07 Å². The third-order valence-electron chi connectivity index (χ3n) is 4.31. The fourth-order valence-electron chi connectivity index (χ4n) is 2.98. The Kier molecular flexibility index (Phi) is 6.09. The quantitative estimate of drug-likeness (QED) is 0.634. The lowest BCUT2D eigenvalue weighted by molar-refractivity contribution is -0.121. The van der Waals surface area contributed by atoms with E-state index in [0.717, 1.165) is 22.2 Å². The lowest BCUT2D eigenvalue weighted by atomic mass is 10.0. The Morgan fingerprint density at radius 1 is 1.25 bits per heavy atom. The number of nitrogens with one attached hydrogen (secondary N) is 1. The van der Waals surface area contributed by atoms with Crippen molar-refractivity contribution in [2.75, 3.05) is 0 Å². The minimum absolute atomic E-state index is 0.0364. The van der Waals surface area contributed by atoms with Crippen LogP contribution in [0.1, 0.15) is 37.1 Å². The second-order valence-corrected chi connectivity index (χ2v) is 6.97. The Bertz CT molecular complexity index is 1030. The zero-order valence-corrected chi connectivity index (χ0v) is 16.3. The van der Waals surface area contributed by atoms with Crippen LogP contribution in [0, 0.1) is 6.92 Å². The minimum atomic E-state index is -0.387. The molecule has 0 aliphatic heterocycles. The van der Waals surface area contributed by atoms with Crippen molar-refractivity contribution in [2.24, 2.45) is 0 Å². The first kappa shape index (κ1) is 19.6. The molecular formula is C22H24N2O4. The van der Waals surface area contributed by atoms with E-state index in [0.29, 0.717) is 30.7 Å². The number of carbonyl (C=O) groups is 1. The molecule has 146 valence electrons. The molecular weight excluding hydrogens is 356 g/mol. The predicted molar refractivity (Wildman–Crippen MR) is 107 cm³/mol. The molecule has 0 unspecified atom stereocenters. The highest BCUT2D eigenvalue weighted by Crippen LogP contribution is 2.29. The largest absolute Gasteiger partial charge is 0.491 e. The first-order valence-corrected chi connectivity index (χ1v) is 9.33. The van der Waals surface area contributed by atoms with E-state index in [1.807, 2.05) is 45.0 Å². The summed E-state index contributed by atoms with van der Waals surface area (Å²) >= 11 is 0. The lowest BCUT2D eigenvalue weighted by Gasteiger charge is -2.15. The number of aromatic nitrogens is 1. The van der Waals surface area contributed by atoms with Gasteiger partial charge in [0.05, 0.1) is 18.3 Å². The highest BCUT2D eigenvalue weighted by molar-refractivity contribution is 5.83. The van der Waals surface area contributed by atoms with E-state index < -0.39 is 0 Å². The van der Waals surface area contributed by atoms with E-state index in [2.05, 4.69) is 10.3 Å². The summed E-state index contributed by atoms with van der Waals surface area (Å²) in [7, 11) is 0. The van der Waals surface area contributed by atoms with Gasteiger partial charge in [0.15, 0.2) is 0 Å². The number of fused-ring (bicyclic) bond motifs is 1. The predicted octanol–water partition coefficient (Wildman–Crippen LogP) is 3.53. The molecule has 0 radical (unpaired) electrons. The second-order valence-electron chi connectivity index (χ2n) is 6.97. The van der Waals surface area contributed by atoms with E-state index in [1.165, 1.54) is 6.07 Å². The van der Waals surface area contributed by atoms with Gasteiger partial charge in [0.2, 0.25) is 5.91 Å². The molecule has 3 aromatic rings. The van der Waals surface area contributed by atoms with E-state index in [1.54, 1.807) is 12.3 Å². The lowest BCUT2D eigenvalue weighted by Crippen LogP contribution is -2.23. The zero-order chi connectivity index (χ0) is 20.1. The molecule has 3 rings (SSSR count). The van der Waals surface area contributed by atoms with E-state index >= 15 is 0 Å². The standard InChI is InChI=1S/C22H24N2O4/c1-14(2)27-19-12-20-18(15(3)10-22(26)28-20)11-16(19)7-8-21(25)24-13-17-6-4-5-9-23-17/h4-6,9-12,14H,7-8,13H2,1-3H3,(H,24,25). The van der Waals surface area contributed by atoms with Gasteiger partial charge in [0, 0.05) is 30.1 Å². The first-order chi connectivity index (χ1) is 13.4. The summed E-state index contributed by atoms with van der Waals surface area (Å²) in [6.07, 6.45) is 2.51. The summed E-state index contributed by atoms with van der Waals surface area (Å²) in [6, 6.07) is 10.7. The van der Waals surface area contributed by atoms with E-state index in [-0.39, 0.29) is 17.6 Å². The first-order valence-electron chi connectivity index (χ1n) is 9.33. The highest BCUT2D eigenvalue weighted by atomic mass is 16.5. The molecule has 0 atom stereocenters. The van der Waals surface area contributed by atoms with Gasteiger partial charge in [0.25, 0.3) is 0 Å². The van der Waals surface area contributed by atoms with Crippen molar-refractivity contribution in [3.05, 3.63) is 69.8 Å². The summed E-state index contributed by atoms with van der Waals surface area (Å²) in [4.78, 5) is 28.1. The zero-order valence-electron chi connectivity index (χ0n) is 16.3. The van der Waals surface area contributed by atoms with Crippen LogP contribution in [-0.4, -0.2) is 17.0 Å². The van der Waals surface area contributed by atoms with Crippen molar-refractivity contribution in [2.45, 2.75) is 46.3 Å². The fraction of sp³-hybridized carbons (Fsp3) is 0.318. The monoisotopic (exact) mass is 380 g/mol. The number of carbonyl (C=O) groups excluding carboxylic acids is 1. The Labute approximate surface area is 163 Å². The molecule has 28 heavy (non-hydrogen) atoms. The maximum atomic E-state index is 12.3. The van der Waals surface area contributed by atoms with Gasteiger partial charge < -0.3 is 14.5 Å². The second kappa shape index (κ2) is 8.69. The molecule has 6 heteroatoms. The van der Waals surface area contributed by atoms with Gasteiger partial charge in [-0.25, -0.2) is 4.79 Å². The third-order valence-corrected chi connectivity index (χ3v) is 4.31. The summed E-state index contributed by atoms with van der Waals surface area (Å²) in [5.41, 5.74) is 2.66. The molecule has 0 fully saturated rings. The highest BCUT2D eigenvalue weighted by Gasteiger charge is 2.13. The summed E-state index contributed by atoms with van der Waals surface area (Å²) in [5.74, 6) is 0.575. The van der Waals surface area contributed by atoms with Crippen LogP contribution >= 0.6 is 0 Å². The minimum Gasteiger partial charge on any atom is -0.491 e. The van der Waals surface area contributed by atoms with Crippen LogP contribution in [0.3, 0.4) is 0 Å². The van der Waals surface area contributed by atoms with Crippen LogP contribution in [0.2, 0.25) is 0 Å². The van der Waals surface area contributed by atoms with Crippen molar-refractivity contribution < 1.29 is 13.9 Å². The normalized spacial score (nSPS) is 11.0. The maximum Gasteiger partial charge on any atom is 0.336 e. The molecule has 0 bridgehead atoms. The summed E-state index contributed by atoms with van der Waals surface area (Å²) < 4.78 is 11.2. The Balaban J connectivity index is 1.76. The van der Waals surface area contributed by atoms with Crippen LogP contribution in [0.15, 0.2) is 51.8 Å². The molecule has 1 aromatic carbocycles. The number of aryl methyl sites for hydroxylation is 2. The Morgan fingerprint density at radius 3 is 2.79 bits per heavy atom. The van der Waals surface area contributed by atoms with E-state index in [4.69, 9.17) is 9.15 Å². The molecule has 2 aromatic heterocycles. The van der Waals surface area contributed by atoms with Crippen molar-refractivity contribution >= 4 is 16.9 Å². The Morgan fingerprint density at radius 2 is 2.07 bits per heavy atom. The third kappa shape index (κ3) is 4.97. The average Bonchev–Trinajstić information content (AvgIpc) is 2.65. The van der Waals surface area contributed by atoms with Crippen molar-refractivity contribution in [3.63, 3.8) is 0 Å². The number of benzene rings is 1. The van der Waals surface area contributed by atoms with Gasteiger partial charge in [0.1, 0.15) is 11.3 Å². The van der Waals surface area contributed by atoms with E-state index in [9.17, 15) is 9.59 Å². The molecule has 1 amide bonds. The molecule has 0 saturated carbocycles. The van der Waals surface area contributed by atoms with Gasteiger partial charge in [-0.2, -0.15) is 0 Å². The SMILES string of the molecule is Cc1cc(=O)oc2cc(OC(C)C)c(CCC(=O)NCc3ccccn3)cc12. The van der Waals surface area contributed by atoms with Crippen molar-refractivity contribution in [1.82, 2.24) is 10.3 Å². The number of hydrogen-bond donors (Lipinski definition) is 1. The van der Waals surface area contributed by atoms with Crippen LogP contribution in [0.4, 0.5) is 0 Å². The van der Waals surface area contributed by atoms with Crippen LogP contribution in [-0.2, 0) is 17.8 Å². The number of amides is 1. The summed E-state index contributed by atoms with van der Waals surface area (Å²) in [5, 5.41) is 3.73. The molecule has 1 N–H and O–H groups in total. The number of nitrogens with zero attached hydrogens (tertiary/aromatic N) is 1. The van der Waals surface area contributed by atoms with Crippen molar-refractivity contribution in [3.8, 4) is 5.75 Å². The molecule has 6 nitrogen and oxygen atoms in total. The molecule has 0 saturated heterocycles. The molecule has 0 spiro atoms. The van der Waals surface area contributed by atoms with Crippen LogP contribution in [0.25, 0.3) is 11.0 Å². The van der Waals surface area contributed by atoms with Gasteiger partial charge >= 0.3 is 5.63 Å². The summed E-state index contributed by atoms with van der Waals surface area (Å²) in [6.45, 7) is 6.13. The van der Waals surface area contributed by atoms with Gasteiger partial charge in [-0.15, -0.1) is 0 Å². The van der Waals surface area contributed by atoms with Crippen LogP contribution < -0.4 is 15.7 Å². The average molecular weight is 380 g/mol. The molecule has 0 aliphatic carbocycles. The number of ether oxygens (including phenoxy) is 1. The topological polar surface area (TPSA) is 81.4 Å².